The van der Waals surface area contributed by atoms with Gasteiger partial charge in [0, 0.05) is 13.2 Å². The van der Waals surface area contributed by atoms with Gasteiger partial charge in [0.15, 0.2) is 0 Å². The quantitative estimate of drug-likeness (QED) is 0.917. The van der Waals surface area contributed by atoms with E-state index in [1.807, 2.05) is 29.2 Å². The standard InChI is InChI=1S/C16H22N2O3/c1-20-13-7-4-5-12(9-13)16-17-10-15(19)18(16)11-14-6-2-3-8-21-14/h4-5,7,9,14,16-17H,2-3,6,8,10-11H2,1H3. The molecule has 3 rings (SSSR count). The van der Waals surface area contributed by atoms with Crippen LogP contribution in [0.3, 0.4) is 0 Å². The molecule has 1 amide bonds. The highest BCUT2D eigenvalue weighted by atomic mass is 16.5. The number of methoxy groups -OCH3 is 1. The molecule has 0 radical (unpaired) electrons. The molecule has 2 saturated heterocycles. The third-order valence-corrected chi connectivity index (χ3v) is 4.16. The van der Waals surface area contributed by atoms with Crippen LogP contribution in [0, 0.1) is 0 Å². The van der Waals surface area contributed by atoms with Crippen LogP contribution in [0.2, 0.25) is 0 Å². The van der Waals surface area contributed by atoms with Crippen molar-refractivity contribution in [3.05, 3.63) is 29.8 Å². The Morgan fingerprint density at radius 1 is 1.43 bits per heavy atom. The van der Waals surface area contributed by atoms with Crippen LogP contribution in [0.15, 0.2) is 24.3 Å². The maximum Gasteiger partial charge on any atom is 0.238 e. The normalized spacial score (nSPS) is 26.1. The van der Waals surface area contributed by atoms with Gasteiger partial charge < -0.3 is 14.4 Å². The van der Waals surface area contributed by atoms with Crippen molar-refractivity contribution in [1.82, 2.24) is 10.2 Å². The van der Waals surface area contributed by atoms with Gasteiger partial charge in [-0.15, -0.1) is 0 Å². The van der Waals surface area contributed by atoms with E-state index in [0.29, 0.717) is 13.1 Å². The number of amides is 1. The van der Waals surface area contributed by atoms with Crippen molar-refractivity contribution in [2.24, 2.45) is 0 Å². The van der Waals surface area contributed by atoms with Crippen molar-refractivity contribution in [2.45, 2.75) is 31.5 Å². The van der Waals surface area contributed by atoms with Gasteiger partial charge in [0.05, 0.1) is 19.8 Å². The number of hydrogen-bond acceptors (Lipinski definition) is 4. The van der Waals surface area contributed by atoms with E-state index in [1.54, 1.807) is 7.11 Å². The lowest BCUT2D eigenvalue weighted by molar-refractivity contribution is -0.130. The first-order valence-electron chi connectivity index (χ1n) is 7.56. The zero-order valence-electron chi connectivity index (χ0n) is 12.4. The maximum absolute atomic E-state index is 12.2. The molecule has 5 nitrogen and oxygen atoms in total. The Morgan fingerprint density at radius 2 is 2.33 bits per heavy atom. The fourth-order valence-electron chi connectivity index (χ4n) is 3.03. The average Bonchev–Trinajstić information content (AvgIpc) is 2.89. The summed E-state index contributed by atoms with van der Waals surface area (Å²) in [5.74, 6) is 0.944. The number of nitrogens with one attached hydrogen (secondary N) is 1. The van der Waals surface area contributed by atoms with Gasteiger partial charge in [-0.3, -0.25) is 10.1 Å². The number of ether oxygens (including phenoxy) is 2. The SMILES string of the molecule is COc1cccc(C2NCC(=O)N2CC2CCCCO2)c1. The van der Waals surface area contributed by atoms with Gasteiger partial charge in [0.25, 0.3) is 0 Å². The molecular weight excluding hydrogens is 268 g/mol. The van der Waals surface area contributed by atoms with Crippen molar-refractivity contribution in [2.75, 3.05) is 26.8 Å². The van der Waals surface area contributed by atoms with Crippen LogP contribution < -0.4 is 10.1 Å². The van der Waals surface area contributed by atoms with Crippen LogP contribution in [0.5, 0.6) is 5.75 Å². The van der Waals surface area contributed by atoms with Crippen molar-refractivity contribution >= 4 is 5.91 Å². The smallest absolute Gasteiger partial charge is 0.238 e. The first kappa shape index (κ1) is 14.4. The molecule has 0 aliphatic carbocycles. The number of carbonyl (C=O) groups excluding carboxylic acids is 1. The number of hydrogen-bond donors (Lipinski definition) is 1. The van der Waals surface area contributed by atoms with Crippen LogP contribution in [0.1, 0.15) is 31.0 Å². The molecule has 114 valence electrons. The van der Waals surface area contributed by atoms with Crippen LogP contribution in [-0.2, 0) is 9.53 Å². The summed E-state index contributed by atoms with van der Waals surface area (Å²) < 4.78 is 11.0. The number of nitrogens with zero attached hydrogens (tertiary/aromatic N) is 1. The van der Waals surface area contributed by atoms with Gasteiger partial charge in [-0.05, 0) is 37.0 Å². The largest absolute Gasteiger partial charge is 0.497 e. The molecule has 1 N–H and O–H groups in total. The predicted octanol–water partition coefficient (Wildman–Crippen LogP) is 1.69. The van der Waals surface area contributed by atoms with E-state index < -0.39 is 0 Å². The summed E-state index contributed by atoms with van der Waals surface area (Å²) in [7, 11) is 1.65. The van der Waals surface area contributed by atoms with E-state index >= 15 is 0 Å². The Morgan fingerprint density at radius 3 is 3.10 bits per heavy atom. The summed E-state index contributed by atoms with van der Waals surface area (Å²) >= 11 is 0. The lowest BCUT2D eigenvalue weighted by Crippen LogP contribution is -2.39. The first-order valence-corrected chi connectivity index (χ1v) is 7.56. The third-order valence-electron chi connectivity index (χ3n) is 4.16. The molecule has 2 atom stereocenters. The van der Waals surface area contributed by atoms with Crippen LogP contribution >= 0.6 is 0 Å². The molecule has 2 aliphatic rings. The van der Waals surface area contributed by atoms with E-state index in [1.165, 1.54) is 6.42 Å². The minimum absolute atomic E-state index is 0.0851. The summed E-state index contributed by atoms with van der Waals surface area (Å²) in [6, 6.07) is 7.86. The zero-order valence-corrected chi connectivity index (χ0v) is 12.4. The van der Waals surface area contributed by atoms with E-state index in [0.717, 1.165) is 30.8 Å². The summed E-state index contributed by atoms with van der Waals surface area (Å²) in [6.45, 7) is 1.85. The lowest BCUT2D eigenvalue weighted by atomic mass is 10.1. The molecule has 0 spiro atoms. The fourth-order valence-corrected chi connectivity index (χ4v) is 3.03. The molecular formula is C16H22N2O3. The van der Waals surface area contributed by atoms with Gasteiger partial charge in [-0.1, -0.05) is 12.1 Å². The molecule has 5 heteroatoms. The third kappa shape index (κ3) is 3.19. The minimum atomic E-state index is -0.0851. The van der Waals surface area contributed by atoms with E-state index in [-0.39, 0.29) is 18.2 Å². The number of benzene rings is 1. The molecule has 0 aromatic heterocycles. The van der Waals surface area contributed by atoms with Gasteiger partial charge in [-0.25, -0.2) is 0 Å². The monoisotopic (exact) mass is 290 g/mol. The Kier molecular flexibility index (Phi) is 4.41. The highest BCUT2D eigenvalue weighted by Crippen LogP contribution is 2.27. The van der Waals surface area contributed by atoms with Gasteiger partial charge in [0.2, 0.25) is 5.91 Å². The fraction of sp³-hybridized carbons (Fsp3) is 0.562. The van der Waals surface area contributed by atoms with Crippen molar-refractivity contribution in [3.8, 4) is 5.75 Å². The number of carbonyl (C=O) groups is 1. The van der Waals surface area contributed by atoms with Crippen LogP contribution in [0.25, 0.3) is 0 Å². The van der Waals surface area contributed by atoms with Crippen LogP contribution in [0.4, 0.5) is 0 Å². The second kappa shape index (κ2) is 6.45. The molecule has 0 saturated carbocycles. The Balaban J connectivity index is 1.74. The molecule has 2 fully saturated rings. The molecule has 2 aliphatic heterocycles. The van der Waals surface area contributed by atoms with Crippen molar-refractivity contribution in [1.29, 1.82) is 0 Å². The summed E-state index contributed by atoms with van der Waals surface area (Å²) in [4.78, 5) is 14.1. The predicted molar refractivity (Wildman–Crippen MR) is 79.0 cm³/mol. The van der Waals surface area contributed by atoms with Gasteiger partial charge >= 0.3 is 0 Å². The first-order chi connectivity index (χ1) is 10.3. The average molecular weight is 290 g/mol. The van der Waals surface area contributed by atoms with Crippen molar-refractivity contribution in [3.63, 3.8) is 0 Å². The van der Waals surface area contributed by atoms with Crippen molar-refractivity contribution < 1.29 is 14.3 Å². The highest BCUT2D eigenvalue weighted by molar-refractivity contribution is 5.81. The second-order valence-electron chi connectivity index (χ2n) is 5.59. The van der Waals surface area contributed by atoms with E-state index in [4.69, 9.17) is 9.47 Å². The summed E-state index contributed by atoms with van der Waals surface area (Å²) in [6.07, 6.45) is 3.43. The number of rotatable bonds is 4. The Labute approximate surface area is 125 Å². The second-order valence-corrected chi connectivity index (χ2v) is 5.59. The highest BCUT2D eigenvalue weighted by Gasteiger charge is 2.33. The van der Waals surface area contributed by atoms with Gasteiger partial charge in [-0.2, -0.15) is 0 Å². The molecule has 21 heavy (non-hydrogen) atoms. The topological polar surface area (TPSA) is 50.8 Å². The van der Waals surface area contributed by atoms with E-state index in [9.17, 15) is 4.79 Å². The molecule has 0 bridgehead atoms. The van der Waals surface area contributed by atoms with Gasteiger partial charge in [0.1, 0.15) is 11.9 Å². The van der Waals surface area contributed by atoms with E-state index in [2.05, 4.69) is 5.32 Å². The molecule has 2 heterocycles. The summed E-state index contributed by atoms with van der Waals surface area (Å²) in [5, 5.41) is 3.28. The molecule has 1 aromatic carbocycles. The molecule has 1 aromatic rings. The lowest BCUT2D eigenvalue weighted by Gasteiger charge is -2.31. The Bertz CT molecular complexity index is 500. The maximum atomic E-state index is 12.2. The summed E-state index contributed by atoms with van der Waals surface area (Å²) in [5.41, 5.74) is 1.05. The van der Waals surface area contributed by atoms with Crippen LogP contribution in [-0.4, -0.2) is 43.7 Å². The minimum Gasteiger partial charge on any atom is -0.497 e. The zero-order chi connectivity index (χ0) is 14.7. The molecule has 2 unspecified atom stereocenters. The Hall–Kier alpha value is -1.59.